The summed E-state index contributed by atoms with van der Waals surface area (Å²) in [6.07, 6.45) is 8.16. The van der Waals surface area contributed by atoms with Crippen LogP contribution in [0.5, 0.6) is 0 Å². The zero-order chi connectivity index (χ0) is 11.9. The molecule has 2 heterocycles. The van der Waals surface area contributed by atoms with Crippen LogP contribution in [0.2, 0.25) is 0 Å². The lowest BCUT2D eigenvalue weighted by Crippen LogP contribution is -2.30. The minimum Gasteiger partial charge on any atom is -0.297 e. The van der Waals surface area contributed by atoms with Crippen LogP contribution < -0.4 is 0 Å². The molecule has 1 aromatic heterocycles. The minimum absolute atomic E-state index is 0.816. The van der Waals surface area contributed by atoms with Crippen LogP contribution in [0.4, 0.5) is 0 Å². The number of thiazole rings is 1. The van der Waals surface area contributed by atoms with Crippen LogP contribution in [0.3, 0.4) is 0 Å². The van der Waals surface area contributed by atoms with E-state index >= 15 is 0 Å². The Hall–Kier alpha value is -0.670. The first kappa shape index (κ1) is 11.2. The third-order valence-electron chi connectivity index (χ3n) is 4.34. The molecule has 1 saturated heterocycles. The summed E-state index contributed by atoms with van der Waals surface area (Å²) in [6.45, 7) is 3.57. The van der Waals surface area contributed by atoms with Crippen molar-refractivity contribution in [1.82, 2.24) is 9.88 Å². The van der Waals surface area contributed by atoms with Gasteiger partial charge < -0.3 is 0 Å². The standard InChI is InChI=1S/C15H20N2S/c1-2-11(1)12-5-7-17(8-6-12)9-14-10-18-15(16-14)13-3-4-13/h10,13H,1-9H2. The SMILES string of the molecule is c1sc(C2CC2)nc1CN1CCC(=C2CC2)CC1. The van der Waals surface area contributed by atoms with Crippen LogP contribution in [0.15, 0.2) is 16.5 Å². The highest BCUT2D eigenvalue weighted by Crippen LogP contribution is 2.41. The molecule has 2 aliphatic carbocycles. The maximum atomic E-state index is 4.80. The van der Waals surface area contributed by atoms with Crippen molar-refractivity contribution in [3.05, 3.63) is 27.2 Å². The highest BCUT2D eigenvalue weighted by Gasteiger charge is 2.27. The molecule has 2 nitrogen and oxygen atoms in total. The van der Waals surface area contributed by atoms with Gasteiger partial charge in [-0.15, -0.1) is 11.3 Å². The number of rotatable bonds is 3. The van der Waals surface area contributed by atoms with Gasteiger partial charge in [0.15, 0.2) is 0 Å². The van der Waals surface area contributed by atoms with E-state index in [0.717, 1.165) is 12.5 Å². The van der Waals surface area contributed by atoms with Crippen LogP contribution in [-0.4, -0.2) is 23.0 Å². The lowest BCUT2D eigenvalue weighted by Gasteiger charge is -2.27. The number of aromatic nitrogens is 1. The van der Waals surface area contributed by atoms with Crippen molar-refractivity contribution in [3.63, 3.8) is 0 Å². The van der Waals surface area contributed by atoms with E-state index in [1.165, 1.54) is 62.3 Å². The Kier molecular flexibility index (Phi) is 2.77. The summed E-state index contributed by atoms with van der Waals surface area (Å²) in [5.41, 5.74) is 4.87. The fourth-order valence-electron chi connectivity index (χ4n) is 2.89. The summed E-state index contributed by atoms with van der Waals surface area (Å²) in [5, 5.41) is 3.67. The summed E-state index contributed by atoms with van der Waals surface area (Å²) in [6, 6.07) is 0. The molecule has 0 unspecified atom stereocenters. The van der Waals surface area contributed by atoms with Gasteiger partial charge in [-0.3, -0.25) is 4.90 Å². The van der Waals surface area contributed by atoms with Crippen LogP contribution in [0, 0.1) is 0 Å². The van der Waals surface area contributed by atoms with Crippen molar-refractivity contribution in [2.75, 3.05) is 13.1 Å². The Balaban J connectivity index is 1.35. The third-order valence-corrected chi connectivity index (χ3v) is 5.40. The van der Waals surface area contributed by atoms with Crippen molar-refractivity contribution in [1.29, 1.82) is 0 Å². The quantitative estimate of drug-likeness (QED) is 0.770. The van der Waals surface area contributed by atoms with Gasteiger partial charge in [-0.25, -0.2) is 4.98 Å². The summed E-state index contributed by atoms with van der Waals surface area (Å²) >= 11 is 1.88. The number of piperidine rings is 1. The van der Waals surface area contributed by atoms with Crippen molar-refractivity contribution in [3.8, 4) is 0 Å². The van der Waals surface area contributed by atoms with Gasteiger partial charge in [-0.1, -0.05) is 11.1 Å². The number of likely N-dealkylation sites (tertiary alicyclic amines) is 1. The highest BCUT2D eigenvalue weighted by atomic mass is 32.1. The molecule has 3 fully saturated rings. The second-order valence-corrected chi connectivity index (χ2v) is 6.82. The van der Waals surface area contributed by atoms with E-state index in [1.54, 1.807) is 11.1 Å². The maximum absolute atomic E-state index is 4.80. The van der Waals surface area contributed by atoms with Gasteiger partial charge in [0.25, 0.3) is 0 Å². The molecule has 1 aromatic rings. The molecule has 96 valence electrons. The van der Waals surface area contributed by atoms with Crippen molar-refractivity contribution in [2.24, 2.45) is 0 Å². The third kappa shape index (κ3) is 2.39. The Morgan fingerprint density at radius 2 is 1.83 bits per heavy atom. The minimum atomic E-state index is 0.816. The molecule has 1 aliphatic heterocycles. The summed E-state index contributed by atoms with van der Waals surface area (Å²) in [7, 11) is 0. The van der Waals surface area contributed by atoms with E-state index in [1.807, 2.05) is 11.3 Å². The van der Waals surface area contributed by atoms with E-state index in [9.17, 15) is 0 Å². The Morgan fingerprint density at radius 1 is 1.11 bits per heavy atom. The van der Waals surface area contributed by atoms with E-state index in [4.69, 9.17) is 4.98 Å². The highest BCUT2D eigenvalue weighted by molar-refractivity contribution is 7.09. The number of hydrogen-bond donors (Lipinski definition) is 0. The molecule has 3 heteroatoms. The average Bonchev–Trinajstić information content (AvgIpc) is 3.30. The molecular formula is C15H20N2S. The normalized spacial score (nSPS) is 24.7. The van der Waals surface area contributed by atoms with Gasteiger partial charge in [0.2, 0.25) is 0 Å². The van der Waals surface area contributed by atoms with Crippen LogP contribution in [0.25, 0.3) is 0 Å². The van der Waals surface area contributed by atoms with Crippen LogP contribution in [0.1, 0.15) is 55.1 Å². The molecule has 0 bridgehead atoms. The molecule has 0 amide bonds. The largest absolute Gasteiger partial charge is 0.297 e. The Labute approximate surface area is 113 Å². The monoisotopic (exact) mass is 260 g/mol. The second-order valence-electron chi connectivity index (χ2n) is 5.93. The first-order chi connectivity index (χ1) is 8.88. The molecule has 0 spiro atoms. The predicted octanol–water partition coefficient (Wildman–Crippen LogP) is 3.71. The molecule has 2 saturated carbocycles. The molecule has 0 aromatic carbocycles. The smallest absolute Gasteiger partial charge is 0.0959 e. The molecule has 18 heavy (non-hydrogen) atoms. The van der Waals surface area contributed by atoms with Crippen molar-refractivity contribution in [2.45, 2.75) is 51.0 Å². The zero-order valence-corrected chi connectivity index (χ0v) is 11.6. The van der Waals surface area contributed by atoms with E-state index < -0.39 is 0 Å². The van der Waals surface area contributed by atoms with Gasteiger partial charge in [-0.2, -0.15) is 0 Å². The fourth-order valence-corrected chi connectivity index (χ4v) is 3.87. The fraction of sp³-hybridized carbons (Fsp3) is 0.667. The average molecular weight is 260 g/mol. The predicted molar refractivity (Wildman–Crippen MR) is 74.9 cm³/mol. The Morgan fingerprint density at radius 3 is 2.50 bits per heavy atom. The van der Waals surface area contributed by atoms with Gasteiger partial charge >= 0.3 is 0 Å². The first-order valence-corrected chi connectivity index (χ1v) is 8.13. The first-order valence-electron chi connectivity index (χ1n) is 7.25. The zero-order valence-electron chi connectivity index (χ0n) is 10.8. The number of nitrogens with zero attached hydrogens (tertiary/aromatic N) is 2. The van der Waals surface area contributed by atoms with Crippen molar-refractivity contribution >= 4 is 11.3 Å². The van der Waals surface area contributed by atoms with Gasteiger partial charge in [-0.05, 0) is 38.5 Å². The van der Waals surface area contributed by atoms with E-state index in [0.29, 0.717) is 0 Å². The van der Waals surface area contributed by atoms with Gasteiger partial charge in [0.05, 0.1) is 10.7 Å². The van der Waals surface area contributed by atoms with Crippen LogP contribution in [-0.2, 0) is 6.54 Å². The van der Waals surface area contributed by atoms with E-state index in [-0.39, 0.29) is 0 Å². The number of allylic oxidation sites excluding steroid dienone is 1. The van der Waals surface area contributed by atoms with Gasteiger partial charge in [0.1, 0.15) is 0 Å². The number of hydrogen-bond acceptors (Lipinski definition) is 3. The van der Waals surface area contributed by atoms with E-state index in [2.05, 4.69) is 10.3 Å². The molecular weight excluding hydrogens is 240 g/mol. The summed E-state index contributed by atoms with van der Waals surface area (Å²) < 4.78 is 0. The van der Waals surface area contributed by atoms with Crippen molar-refractivity contribution < 1.29 is 0 Å². The van der Waals surface area contributed by atoms with Gasteiger partial charge in [0, 0.05) is 30.9 Å². The molecule has 0 atom stereocenters. The molecule has 0 radical (unpaired) electrons. The molecule has 0 N–H and O–H groups in total. The maximum Gasteiger partial charge on any atom is 0.0959 e. The molecule has 4 rings (SSSR count). The topological polar surface area (TPSA) is 16.1 Å². The second kappa shape index (κ2) is 4.46. The lowest BCUT2D eigenvalue weighted by molar-refractivity contribution is 0.245. The lowest BCUT2D eigenvalue weighted by atomic mass is 10.0. The molecule has 3 aliphatic rings. The Bertz CT molecular complexity index is 468. The summed E-state index contributed by atoms with van der Waals surface area (Å²) in [5.74, 6) is 0.816. The summed E-state index contributed by atoms with van der Waals surface area (Å²) in [4.78, 5) is 7.38. The van der Waals surface area contributed by atoms with Crippen LogP contribution >= 0.6 is 11.3 Å².